The third-order valence-corrected chi connectivity index (χ3v) is 5.72. The Kier molecular flexibility index (Phi) is 4.63. The minimum absolute atomic E-state index is 0.0276. The van der Waals surface area contributed by atoms with Crippen LogP contribution in [-0.2, 0) is 20.4 Å². The van der Waals surface area contributed by atoms with Crippen molar-refractivity contribution in [3.63, 3.8) is 0 Å². The van der Waals surface area contributed by atoms with E-state index in [1.165, 1.54) is 29.2 Å². The Morgan fingerprint density at radius 2 is 1.96 bits per heavy atom. The number of sulfone groups is 1. The first kappa shape index (κ1) is 17.2. The molecule has 132 valence electrons. The van der Waals surface area contributed by atoms with Crippen LogP contribution in [0.5, 0.6) is 0 Å². The molecule has 0 bridgehead atoms. The molecule has 2 heterocycles. The van der Waals surface area contributed by atoms with E-state index in [9.17, 15) is 18.0 Å². The highest BCUT2D eigenvalue weighted by Gasteiger charge is 2.31. The lowest BCUT2D eigenvalue weighted by Crippen LogP contribution is -2.55. The summed E-state index contributed by atoms with van der Waals surface area (Å²) in [6.45, 7) is 2.39. The monoisotopic (exact) mass is 362 g/mol. The number of carbonyl (C=O) groups excluding carboxylic acids is 2. The van der Waals surface area contributed by atoms with Crippen LogP contribution >= 0.6 is 0 Å². The van der Waals surface area contributed by atoms with Crippen molar-refractivity contribution in [2.45, 2.75) is 23.6 Å². The van der Waals surface area contributed by atoms with Crippen molar-refractivity contribution >= 4 is 21.7 Å². The Bertz CT molecular complexity index is 889. The summed E-state index contributed by atoms with van der Waals surface area (Å²) in [6, 6.07) is 10.4. The summed E-state index contributed by atoms with van der Waals surface area (Å²) in [7, 11) is -3.55. The Labute approximate surface area is 145 Å². The van der Waals surface area contributed by atoms with Crippen molar-refractivity contribution in [2.24, 2.45) is 0 Å². The van der Waals surface area contributed by atoms with Gasteiger partial charge >= 0.3 is 0 Å². The second-order valence-electron chi connectivity index (χ2n) is 5.80. The first-order chi connectivity index (χ1) is 11.9. The lowest BCUT2D eigenvalue weighted by molar-refractivity contribution is -0.127. The van der Waals surface area contributed by atoms with Gasteiger partial charge in [-0.2, -0.15) is 0 Å². The summed E-state index contributed by atoms with van der Waals surface area (Å²) in [5, 5.41) is 2.68. The van der Waals surface area contributed by atoms with E-state index in [4.69, 9.17) is 4.42 Å². The van der Waals surface area contributed by atoms with Crippen molar-refractivity contribution in [2.75, 3.05) is 13.1 Å². The topological polar surface area (TPSA) is 96.7 Å². The van der Waals surface area contributed by atoms with Crippen molar-refractivity contribution in [3.8, 4) is 0 Å². The molecule has 1 aliphatic rings. The Morgan fingerprint density at radius 3 is 2.68 bits per heavy atom. The highest BCUT2D eigenvalue weighted by molar-refractivity contribution is 7.90. The largest absolute Gasteiger partial charge is 0.455 e. The number of benzene rings is 1. The van der Waals surface area contributed by atoms with Gasteiger partial charge in [0.15, 0.2) is 15.6 Å². The van der Waals surface area contributed by atoms with E-state index in [0.717, 1.165) is 0 Å². The fourth-order valence-electron chi connectivity index (χ4n) is 2.67. The third kappa shape index (κ3) is 3.58. The molecule has 2 amide bonds. The summed E-state index contributed by atoms with van der Waals surface area (Å²) < 4.78 is 30.2. The standard InChI is InChI=1S/C17H18N2O5S/c1-12-16(20)18-9-10-19(12)17(21)15-8-7-13(24-15)11-25(22,23)14-5-3-2-4-6-14/h2-8,12H,9-11H2,1H3,(H,18,20). The molecule has 7 nitrogen and oxygen atoms in total. The van der Waals surface area contributed by atoms with Crippen LogP contribution in [0.15, 0.2) is 51.8 Å². The van der Waals surface area contributed by atoms with Crippen LogP contribution in [0.3, 0.4) is 0 Å². The Morgan fingerprint density at radius 1 is 1.24 bits per heavy atom. The van der Waals surface area contributed by atoms with Gasteiger partial charge in [0.05, 0.1) is 4.90 Å². The van der Waals surface area contributed by atoms with Gasteiger partial charge in [0.1, 0.15) is 17.6 Å². The minimum atomic E-state index is -3.55. The van der Waals surface area contributed by atoms with Crippen LogP contribution in [0.4, 0.5) is 0 Å². The maximum absolute atomic E-state index is 12.5. The zero-order chi connectivity index (χ0) is 18.0. The zero-order valence-corrected chi connectivity index (χ0v) is 14.5. The summed E-state index contributed by atoms with van der Waals surface area (Å²) in [5.41, 5.74) is 0. The second-order valence-corrected chi connectivity index (χ2v) is 7.79. The number of carbonyl (C=O) groups is 2. The van der Waals surface area contributed by atoms with E-state index in [0.29, 0.717) is 13.1 Å². The zero-order valence-electron chi connectivity index (χ0n) is 13.6. The first-order valence-corrected chi connectivity index (χ1v) is 9.49. The van der Waals surface area contributed by atoms with E-state index in [1.807, 2.05) is 0 Å². The van der Waals surface area contributed by atoms with Crippen LogP contribution in [0.25, 0.3) is 0 Å². The van der Waals surface area contributed by atoms with Gasteiger partial charge in [-0.25, -0.2) is 8.42 Å². The summed E-state index contributed by atoms with van der Waals surface area (Å²) >= 11 is 0. The summed E-state index contributed by atoms with van der Waals surface area (Å²) in [4.78, 5) is 25.8. The maximum atomic E-state index is 12.5. The number of rotatable bonds is 4. The highest BCUT2D eigenvalue weighted by Crippen LogP contribution is 2.19. The number of nitrogens with zero attached hydrogens (tertiary/aromatic N) is 1. The van der Waals surface area contributed by atoms with Crippen LogP contribution in [0.2, 0.25) is 0 Å². The van der Waals surface area contributed by atoms with Crippen molar-refractivity contribution in [1.29, 1.82) is 0 Å². The molecule has 0 aliphatic carbocycles. The fraction of sp³-hybridized carbons (Fsp3) is 0.294. The Balaban J connectivity index is 1.76. The molecule has 0 radical (unpaired) electrons. The molecule has 8 heteroatoms. The van der Waals surface area contributed by atoms with E-state index >= 15 is 0 Å². The molecule has 0 saturated carbocycles. The molecule has 2 aromatic rings. The molecule has 1 aromatic carbocycles. The molecule has 1 aromatic heterocycles. The Hall–Kier alpha value is -2.61. The van der Waals surface area contributed by atoms with Gasteiger partial charge in [0, 0.05) is 13.1 Å². The van der Waals surface area contributed by atoms with Gasteiger partial charge in [-0.15, -0.1) is 0 Å². The predicted octanol–water partition coefficient (Wildman–Crippen LogP) is 1.21. The predicted molar refractivity (Wildman–Crippen MR) is 89.5 cm³/mol. The average molecular weight is 362 g/mol. The molecule has 1 saturated heterocycles. The molecular weight excluding hydrogens is 344 g/mol. The highest BCUT2D eigenvalue weighted by atomic mass is 32.2. The second kappa shape index (κ2) is 6.72. The molecule has 1 atom stereocenters. The van der Waals surface area contributed by atoms with Gasteiger partial charge in [0.2, 0.25) is 5.91 Å². The van der Waals surface area contributed by atoms with Gasteiger partial charge in [-0.05, 0) is 31.2 Å². The van der Waals surface area contributed by atoms with Crippen molar-refractivity contribution < 1.29 is 22.4 Å². The molecule has 0 spiro atoms. The fourth-order valence-corrected chi connectivity index (χ4v) is 3.94. The van der Waals surface area contributed by atoms with E-state index in [1.54, 1.807) is 25.1 Å². The summed E-state index contributed by atoms with van der Waals surface area (Å²) in [5.74, 6) is -0.773. The minimum Gasteiger partial charge on any atom is -0.455 e. The smallest absolute Gasteiger partial charge is 0.290 e. The van der Waals surface area contributed by atoms with Gasteiger partial charge in [-0.1, -0.05) is 18.2 Å². The molecule has 1 fully saturated rings. The molecule has 3 rings (SSSR count). The number of amides is 2. The molecular formula is C17H18N2O5S. The van der Waals surface area contributed by atoms with Crippen LogP contribution < -0.4 is 5.32 Å². The van der Waals surface area contributed by atoms with Gasteiger partial charge in [0.25, 0.3) is 5.91 Å². The first-order valence-electron chi connectivity index (χ1n) is 7.84. The lowest BCUT2D eigenvalue weighted by Gasteiger charge is -2.32. The quantitative estimate of drug-likeness (QED) is 0.882. The van der Waals surface area contributed by atoms with E-state index < -0.39 is 21.8 Å². The molecule has 1 aliphatic heterocycles. The van der Waals surface area contributed by atoms with Crippen molar-refractivity contribution in [3.05, 3.63) is 54.0 Å². The molecule has 1 unspecified atom stereocenters. The average Bonchev–Trinajstić information content (AvgIpc) is 3.05. The molecule has 1 N–H and O–H groups in total. The van der Waals surface area contributed by atoms with Crippen LogP contribution in [0.1, 0.15) is 23.2 Å². The summed E-state index contributed by atoms with van der Waals surface area (Å²) in [6.07, 6.45) is 0. The number of nitrogens with one attached hydrogen (secondary N) is 1. The number of piperazine rings is 1. The number of hydrogen-bond acceptors (Lipinski definition) is 5. The van der Waals surface area contributed by atoms with Crippen LogP contribution in [-0.4, -0.2) is 44.3 Å². The van der Waals surface area contributed by atoms with E-state index in [2.05, 4.69) is 5.32 Å². The van der Waals surface area contributed by atoms with Gasteiger partial charge < -0.3 is 14.6 Å². The van der Waals surface area contributed by atoms with E-state index in [-0.39, 0.29) is 28.1 Å². The lowest BCUT2D eigenvalue weighted by atomic mass is 10.2. The normalized spacial score (nSPS) is 18.0. The SMILES string of the molecule is CC1C(=O)NCCN1C(=O)c1ccc(CS(=O)(=O)c2ccccc2)o1. The molecule has 25 heavy (non-hydrogen) atoms. The van der Waals surface area contributed by atoms with Crippen LogP contribution in [0, 0.1) is 0 Å². The van der Waals surface area contributed by atoms with Crippen molar-refractivity contribution in [1.82, 2.24) is 10.2 Å². The number of furan rings is 1. The van der Waals surface area contributed by atoms with Gasteiger partial charge in [-0.3, -0.25) is 9.59 Å². The maximum Gasteiger partial charge on any atom is 0.290 e. The number of hydrogen-bond donors (Lipinski definition) is 1. The third-order valence-electron chi connectivity index (χ3n) is 4.07.